The molecule has 15 heavy (non-hydrogen) atoms. The fraction of sp³-hybridized carbons (Fsp3) is 0.400. The van der Waals surface area contributed by atoms with Crippen LogP contribution in [0.15, 0.2) is 22.9 Å². The number of carbonyl (C=O) groups excluding carboxylic acids is 1. The molecule has 0 bridgehead atoms. The summed E-state index contributed by atoms with van der Waals surface area (Å²) in [7, 11) is 1.37. The highest BCUT2D eigenvalue weighted by atomic mass is 79.9. The average Bonchev–Trinajstić information content (AvgIpc) is 2.25. The second-order valence-corrected chi connectivity index (χ2v) is 4.07. The van der Waals surface area contributed by atoms with E-state index in [0.29, 0.717) is 6.54 Å². The number of rotatable bonds is 4. The van der Waals surface area contributed by atoms with Gasteiger partial charge in [-0.05, 0) is 34.1 Å². The Kier molecular flexibility index (Phi) is 4.71. The SMILES string of the molecule is COC(=O)CC(CN)c1cncc(Br)c1. The van der Waals surface area contributed by atoms with Crippen LogP contribution in [0.25, 0.3) is 0 Å². The molecule has 0 aromatic carbocycles. The maximum absolute atomic E-state index is 11.1. The number of ether oxygens (including phenoxy) is 1. The molecule has 0 aliphatic heterocycles. The van der Waals surface area contributed by atoms with Crippen molar-refractivity contribution in [1.82, 2.24) is 4.98 Å². The molecule has 4 nitrogen and oxygen atoms in total. The van der Waals surface area contributed by atoms with Gasteiger partial charge in [0.2, 0.25) is 0 Å². The van der Waals surface area contributed by atoms with E-state index in [4.69, 9.17) is 5.73 Å². The monoisotopic (exact) mass is 272 g/mol. The fourth-order valence-electron chi connectivity index (χ4n) is 1.27. The topological polar surface area (TPSA) is 65.2 Å². The fourth-order valence-corrected chi connectivity index (χ4v) is 1.66. The van der Waals surface area contributed by atoms with Gasteiger partial charge in [-0.25, -0.2) is 0 Å². The maximum Gasteiger partial charge on any atom is 0.306 e. The molecule has 1 aromatic heterocycles. The Morgan fingerprint density at radius 2 is 2.40 bits per heavy atom. The van der Waals surface area contributed by atoms with Crippen molar-refractivity contribution in [1.29, 1.82) is 0 Å². The Balaban J connectivity index is 2.78. The van der Waals surface area contributed by atoms with Crippen molar-refractivity contribution in [3.63, 3.8) is 0 Å². The zero-order chi connectivity index (χ0) is 11.3. The third-order valence-corrected chi connectivity index (χ3v) is 2.56. The van der Waals surface area contributed by atoms with Crippen LogP contribution in [0, 0.1) is 0 Å². The molecule has 0 fully saturated rings. The Bertz CT molecular complexity index is 344. The van der Waals surface area contributed by atoms with Crippen LogP contribution in [0.2, 0.25) is 0 Å². The summed E-state index contributed by atoms with van der Waals surface area (Å²) >= 11 is 3.32. The molecule has 5 heteroatoms. The van der Waals surface area contributed by atoms with Crippen LogP contribution in [0.4, 0.5) is 0 Å². The molecule has 1 unspecified atom stereocenters. The van der Waals surface area contributed by atoms with Crippen LogP contribution in [0.5, 0.6) is 0 Å². The first-order chi connectivity index (χ1) is 7.17. The van der Waals surface area contributed by atoms with Gasteiger partial charge in [0.15, 0.2) is 0 Å². The minimum atomic E-state index is -0.259. The van der Waals surface area contributed by atoms with E-state index in [1.165, 1.54) is 7.11 Å². The van der Waals surface area contributed by atoms with Crippen molar-refractivity contribution >= 4 is 21.9 Å². The minimum Gasteiger partial charge on any atom is -0.469 e. The van der Waals surface area contributed by atoms with Crippen LogP contribution in [0.1, 0.15) is 17.9 Å². The summed E-state index contributed by atoms with van der Waals surface area (Å²) in [5.41, 5.74) is 6.55. The highest BCUT2D eigenvalue weighted by molar-refractivity contribution is 9.10. The predicted octanol–water partition coefficient (Wildman–Crippen LogP) is 1.45. The largest absolute Gasteiger partial charge is 0.469 e. The smallest absolute Gasteiger partial charge is 0.306 e. The van der Waals surface area contributed by atoms with E-state index in [1.54, 1.807) is 12.4 Å². The second-order valence-electron chi connectivity index (χ2n) is 3.15. The van der Waals surface area contributed by atoms with Gasteiger partial charge in [0.25, 0.3) is 0 Å². The van der Waals surface area contributed by atoms with Crippen molar-refractivity contribution in [2.75, 3.05) is 13.7 Å². The molecule has 1 aromatic rings. The van der Waals surface area contributed by atoms with Gasteiger partial charge >= 0.3 is 5.97 Å². The number of aromatic nitrogens is 1. The van der Waals surface area contributed by atoms with E-state index < -0.39 is 0 Å². The van der Waals surface area contributed by atoms with Crippen molar-refractivity contribution in [3.8, 4) is 0 Å². The summed E-state index contributed by atoms with van der Waals surface area (Å²) in [4.78, 5) is 15.2. The Morgan fingerprint density at radius 3 is 2.93 bits per heavy atom. The van der Waals surface area contributed by atoms with Gasteiger partial charge in [-0.2, -0.15) is 0 Å². The molecule has 2 N–H and O–H groups in total. The van der Waals surface area contributed by atoms with Crippen LogP contribution in [-0.4, -0.2) is 24.6 Å². The lowest BCUT2D eigenvalue weighted by Crippen LogP contribution is -2.17. The number of methoxy groups -OCH3 is 1. The summed E-state index contributed by atoms with van der Waals surface area (Å²) in [6.07, 6.45) is 3.69. The van der Waals surface area contributed by atoms with Gasteiger partial charge in [-0.3, -0.25) is 9.78 Å². The molecule has 0 aliphatic carbocycles. The van der Waals surface area contributed by atoms with Gasteiger partial charge in [0, 0.05) is 22.8 Å². The number of nitrogens with zero attached hydrogens (tertiary/aromatic N) is 1. The van der Waals surface area contributed by atoms with Crippen LogP contribution >= 0.6 is 15.9 Å². The van der Waals surface area contributed by atoms with E-state index in [2.05, 4.69) is 25.7 Å². The van der Waals surface area contributed by atoms with E-state index in [1.807, 2.05) is 6.07 Å². The lowest BCUT2D eigenvalue weighted by Gasteiger charge is -2.13. The number of hydrogen-bond donors (Lipinski definition) is 1. The van der Waals surface area contributed by atoms with Crippen LogP contribution in [0.3, 0.4) is 0 Å². The lowest BCUT2D eigenvalue weighted by atomic mass is 9.98. The number of esters is 1. The highest BCUT2D eigenvalue weighted by Crippen LogP contribution is 2.21. The normalized spacial score (nSPS) is 12.2. The van der Waals surface area contributed by atoms with E-state index in [0.717, 1.165) is 10.0 Å². The average molecular weight is 273 g/mol. The zero-order valence-corrected chi connectivity index (χ0v) is 10.0. The summed E-state index contributed by atoms with van der Waals surface area (Å²) in [6, 6.07) is 1.91. The van der Waals surface area contributed by atoms with Crippen molar-refractivity contribution in [2.45, 2.75) is 12.3 Å². The molecule has 82 valence electrons. The Labute approximate surface area is 97.0 Å². The first kappa shape index (κ1) is 12.1. The quantitative estimate of drug-likeness (QED) is 0.843. The van der Waals surface area contributed by atoms with E-state index in [9.17, 15) is 4.79 Å². The predicted molar refractivity (Wildman–Crippen MR) is 60.4 cm³/mol. The molecule has 1 heterocycles. The molecule has 0 saturated carbocycles. The van der Waals surface area contributed by atoms with Crippen molar-refractivity contribution < 1.29 is 9.53 Å². The highest BCUT2D eigenvalue weighted by Gasteiger charge is 2.15. The Hall–Kier alpha value is -0.940. The maximum atomic E-state index is 11.1. The van der Waals surface area contributed by atoms with Crippen molar-refractivity contribution in [2.24, 2.45) is 5.73 Å². The summed E-state index contributed by atoms with van der Waals surface area (Å²) in [6.45, 7) is 0.396. The number of pyridine rings is 1. The third-order valence-electron chi connectivity index (χ3n) is 2.12. The number of hydrogen-bond acceptors (Lipinski definition) is 4. The van der Waals surface area contributed by atoms with Gasteiger partial charge in [-0.1, -0.05) is 0 Å². The molecule has 0 saturated heterocycles. The molecule has 0 aliphatic rings. The summed E-state index contributed by atoms with van der Waals surface area (Å²) in [5, 5.41) is 0. The van der Waals surface area contributed by atoms with Gasteiger partial charge in [-0.15, -0.1) is 0 Å². The second kappa shape index (κ2) is 5.82. The first-order valence-corrected chi connectivity index (χ1v) is 5.34. The molecular formula is C10H13BrN2O2. The van der Waals surface area contributed by atoms with Crippen LogP contribution < -0.4 is 5.73 Å². The third kappa shape index (κ3) is 3.60. The number of nitrogens with two attached hydrogens (primary N) is 1. The summed E-state index contributed by atoms with van der Waals surface area (Å²) in [5.74, 6) is -0.298. The molecule has 0 amide bonds. The van der Waals surface area contributed by atoms with Gasteiger partial charge < -0.3 is 10.5 Å². The van der Waals surface area contributed by atoms with E-state index in [-0.39, 0.29) is 18.3 Å². The molecule has 0 spiro atoms. The zero-order valence-electron chi connectivity index (χ0n) is 8.44. The summed E-state index contributed by atoms with van der Waals surface area (Å²) < 4.78 is 5.49. The molecular weight excluding hydrogens is 260 g/mol. The number of carbonyl (C=O) groups is 1. The Morgan fingerprint density at radius 1 is 1.67 bits per heavy atom. The first-order valence-electron chi connectivity index (χ1n) is 4.54. The lowest BCUT2D eigenvalue weighted by molar-refractivity contribution is -0.141. The van der Waals surface area contributed by atoms with Gasteiger partial charge in [0.1, 0.15) is 0 Å². The van der Waals surface area contributed by atoms with Crippen molar-refractivity contribution in [3.05, 3.63) is 28.5 Å². The molecule has 0 radical (unpaired) electrons. The number of halogens is 1. The minimum absolute atomic E-state index is 0.0394. The van der Waals surface area contributed by atoms with Gasteiger partial charge in [0.05, 0.1) is 13.5 Å². The van der Waals surface area contributed by atoms with Crippen LogP contribution in [-0.2, 0) is 9.53 Å². The standard InChI is InChI=1S/C10H13BrN2O2/c1-15-10(14)3-7(4-12)8-2-9(11)6-13-5-8/h2,5-7H,3-4,12H2,1H3. The molecule has 1 atom stereocenters. The molecule has 1 rings (SSSR count). The van der Waals surface area contributed by atoms with E-state index >= 15 is 0 Å².